The van der Waals surface area contributed by atoms with Gasteiger partial charge in [0, 0.05) is 57.6 Å². The molecule has 29 N–H and O–H groups in total. The first kappa shape index (κ1) is 97.0. The molecule has 0 fully saturated rings. The first-order valence-electron chi connectivity index (χ1n) is 36.7. The van der Waals surface area contributed by atoms with E-state index in [0.717, 1.165) is 6.92 Å². The van der Waals surface area contributed by atoms with E-state index in [0.29, 0.717) is 5.56 Å². The molecule has 1 aromatic carbocycles. The number of rotatable bonds is 53. The Labute approximate surface area is 652 Å². The second kappa shape index (κ2) is 49.9. The maximum absolute atomic E-state index is 14.7. The van der Waals surface area contributed by atoms with E-state index in [2.05, 4.69) is 89.1 Å². The Morgan fingerprint density at radius 2 is 0.761 bits per heavy atom. The molecule has 0 aliphatic heterocycles. The van der Waals surface area contributed by atoms with Gasteiger partial charge in [-0.15, -0.1) is 0 Å². The Balaban J connectivity index is 2.60. The maximum Gasteiger partial charge on any atom is 0.305 e. The van der Waals surface area contributed by atoms with Crippen LogP contribution in [0.25, 0.3) is 0 Å². The molecule has 0 saturated heterocycles. The van der Waals surface area contributed by atoms with Gasteiger partial charge in [-0.1, -0.05) is 71.9 Å². The zero-order chi connectivity index (χ0) is 85.4. The van der Waals surface area contributed by atoms with Crippen molar-refractivity contribution in [1.82, 2.24) is 79.1 Å². The van der Waals surface area contributed by atoms with E-state index >= 15 is 0 Å². The fourth-order valence-electron chi connectivity index (χ4n) is 11.0. The van der Waals surface area contributed by atoms with Crippen molar-refractivity contribution in [3.63, 3.8) is 0 Å². The molecule has 43 nitrogen and oxygen atoms in total. The molecule has 43 heteroatoms. The number of carboxylic acids is 2. The number of aliphatic carboxylic acids is 2. The zero-order valence-electron chi connectivity index (χ0n) is 64.9. The summed E-state index contributed by atoms with van der Waals surface area (Å²) in [5.41, 5.74) is 33.5. The first-order valence-corrected chi connectivity index (χ1v) is 36.7. The van der Waals surface area contributed by atoms with Crippen molar-refractivity contribution < 1.29 is 96.8 Å². The van der Waals surface area contributed by atoms with Gasteiger partial charge in [0.05, 0.1) is 19.4 Å². The lowest BCUT2D eigenvalue weighted by atomic mass is 10.00. The number of benzene rings is 1. The predicted octanol–water partition coefficient (Wildman–Crippen LogP) is -7.11. The number of aliphatic hydroxyl groups excluding tert-OH is 1. The number of hydrogen-bond donors (Lipinski definition) is 23. The summed E-state index contributed by atoms with van der Waals surface area (Å²) in [5.74, 6) is -19.4. The lowest BCUT2D eigenvalue weighted by molar-refractivity contribution is -0.141. The molecule has 2 rings (SSSR count). The van der Waals surface area contributed by atoms with Crippen LogP contribution in [0.1, 0.15) is 151 Å². The molecule has 1 heterocycles. The van der Waals surface area contributed by atoms with Crippen LogP contribution in [-0.2, 0) is 94.3 Å². The molecule has 2 aromatic rings. The van der Waals surface area contributed by atoms with Crippen LogP contribution in [0.5, 0.6) is 0 Å². The van der Waals surface area contributed by atoms with Crippen molar-refractivity contribution in [2.45, 2.75) is 231 Å². The normalized spacial score (nSPS) is 14.5. The van der Waals surface area contributed by atoms with Crippen molar-refractivity contribution in [2.24, 2.45) is 62.1 Å². The monoisotopic (exact) mass is 1600 g/mol. The molecule has 0 bridgehead atoms. The van der Waals surface area contributed by atoms with E-state index in [9.17, 15) is 96.8 Å². The molecule has 628 valence electrons. The lowest BCUT2D eigenvalue weighted by Gasteiger charge is -2.29. The second-order valence-electron chi connectivity index (χ2n) is 28.2. The smallest absolute Gasteiger partial charge is 0.305 e. The summed E-state index contributed by atoms with van der Waals surface area (Å²) < 4.78 is 0. The summed E-state index contributed by atoms with van der Waals surface area (Å²) in [6, 6.07) is -12.0. The summed E-state index contributed by atoms with van der Waals surface area (Å²) in [5, 5.41) is 61.5. The highest BCUT2D eigenvalue weighted by Gasteiger charge is 2.38. The molecule has 0 saturated carbocycles. The Bertz CT molecular complexity index is 3610. The number of aromatic amines is 1. The van der Waals surface area contributed by atoms with Gasteiger partial charge in [-0.3, -0.25) is 91.5 Å². The van der Waals surface area contributed by atoms with Crippen LogP contribution >= 0.6 is 0 Å². The van der Waals surface area contributed by atoms with Gasteiger partial charge in [-0.25, -0.2) is 4.98 Å². The van der Waals surface area contributed by atoms with Crippen molar-refractivity contribution in [3.05, 3.63) is 54.1 Å². The van der Waals surface area contributed by atoms with Crippen LogP contribution < -0.4 is 104 Å². The molecular weight excluding hydrogens is 1480 g/mol. The van der Waals surface area contributed by atoms with Crippen molar-refractivity contribution in [1.29, 1.82) is 0 Å². The number of primary amides is 2. The van der Waals surface area contributed by atoms with E-state index in [4.69, 9.17) is 34.4 Å². The Morgan fingerprint density at radius 3 is 1.14 bits per heavy atom. The van der Waals surface area contributed by atoms with E-state index < -0.39 is 224 Å². The topological polar surface area (TPSA) is 717 Å². The zero-order valence-corrected chi connectivity index (χ0v) is 64.9. The fourth-order valence-corrected chi connectivity index (χ4v) is 11.0. The molecule has 0 radical (unpaired) electrons. The molecule has 0 aliphatic rings. The van der Waals surface area contributed by atoms with Gasteiger partial charge in [0.1, 0.15) is 78.5 Å². The minimum Gasteiger partial charge on any atom is -0.481 e. The number of aromatic nitrogens is 2. The van der Waals surface area contributed by atoms with E-state index in [1.165, 1.54) is 26.4 Å². The van der Waals surface area contributed by atoms with Gasteiger partial charge < -0.3 is 124 Å². The molecule has 13 atom stereocenters. The largest absolute Gasteiger partial charge is 0.481 e. The van der Waals surface area contributed by atoms with Crippen LogP contribution in [0.2, 0.25) is 0 Å². The Hall–Kier alpha value is -12.1. The van der Waals surface area contributed by atoms with Crippen molar-refractivity contribution in [2.75, 3.05) is 19.7 Å². The third-order valence-corrected chi connectivity index (χ3v) is 16.7. The molecule has 0 spiro atoms. The van der Waals surface area contributed by atoms with Crippen LogP contribution in [0, 0.1) is 17.8 Å². The number of nitrogens with two attached hydrogens (primary N) is 6. The van der Waals surface area contributed by atoms with Crippen LogP contribution in [0.3, 0.4) is 0 Å². The van der Waals surface area contributed by atoms with Gasteiger partial charge in [0.15, 0.2) is 11.9 Å². The number of nitrogens with one attached hydrogen (secondary N) is 14. The van der Waals surface area contributed by atoms with Gasteiger partial charge in [-0.05, 0) is 95.0 Å². The minimum absolute atomic E-state index is 0.0312. The highest BCUT2D eigenvalue weighted by molar-refractivity contribution is 6.01. The number of aliphatic hydroxyl groups is 1. The fraction of sp³-hybridized carbons (Fsp3) is 0.600. The number of guanidine groups is 2. The van der Waals surface area contributed by atoms with E-state index in [-0.39, 0.29) is 100 Å². The van der Waals surface area contributed by atoms with E-state index in [1.54, 1.807) is 71.9 Å². The molecule has 1 aromatic heterocycles. The minimum atomic E-state index is -1.83. The van der Waals surface area contributed by atoms with Crippen molar-refractivity contribution in [3.8, 4) is 0 Å². The summed E-state index contributed by atoms with van der Waals surface area (Å²) in [7, 11) is 0. The van der Waals surface area contributed by atoms with Crippen molar-refractivity contribution >= 4 is 112 Å². The number of aliphatic imine (C=N–C) groups is 2. The number of H-pyrrole nitrogens is 1. The SMILES string of the molecule is CC(=O)N[C@@H](CC(=O)O)C(=O)N[C@@H](CC(C)C)C(=O)N[C@@H](CCCN=C(N)N)C(=O)N[C@@H](C)C(=O)N[C@@H](Cc1ccccc1)C(=O)N[C@@H](CC(C)C)C(=O)N[C@@H](CCC(=O)O)C(=O)N[C@@H](CCC(N)=O)C(=O)N[C@@H](Cc1cnc[nH]1)C(=O)N[C@@H](CC(C)C)C(=O)N[C@@H](CCCN=C(N)N)C(=O)N[C@@H](CO)C(=O)N[C@@H](C)C(N)=O. The molecule has 0 aliphatic carbocycles. The predicted molar refractivity (Wildman–Crippen MR) is 407 cm³/mol. The van der Waals surface area contributed by atoms with Crippen LogP contribution in [0.15, 0.2) is 52.8 Å². The average molecular weight is 1600 g/mol. The highest BCUT2D eigenvalue weighted by atomic mass is 16.4. The van der Waals surface area contributed by atoms with Gasteiger partial charge in [-0.2, -0.15) is 0 Å². The molecule has 15 amide bonds. The number of nitrogens with zero attached hydrogens (tertiary/aromatic N) is 3. The highest BCUT2D eigenvalue weighted by Crippen LogP contribution is 2.15. The molecule has 113 heavy (non-hydrogen) atoms. The third kappa shape index (κ3) is 38.9. The number of amides is 15. The Morgan fingerprint density at radius 1 is 0.407 bits per heavy atom. The van der Waals surface area contributed by atoms with Crippen LogP contribution in [0.4, 0.5) is 0 Å². The second-order valence-corrected chi connectivity index (χ2v) is 28.2. The summed E-state index contributed by atoms with van der Waals surface area (Å²) in [4.78, 5) is 245. The molecule has 0 unspecified atom stereocenters. The van der Waals surface area contributed by atoms with Gasteiger partial charge in [0.2, 0.25) is 88.6 Å². The number of carbonyl (C=O) groups excluding carboxylic acids is 15. The quantitative estimate of drug-likeness (QED) is 0.0166. The number of carboxylic acid groups (broad SMARTS) is 2. The standard InChI is InChI=1S/C70H113N23O20/c1-34(2)25-46(63(108)85-43(18-14-24-79-70(75)76)59(104)93-52(32-94)68(113)81-37(7)56(72)101)90-66(111)50(29-41-31-77-33-80-41)92-61(106)44(19-21-53(71)96)86-60(105)45(20-22-54(97)98)87-64(109)48(27-36(5)6)89-65(110)49(28-40-15-11-10-12-16-40)88-57(102)38(8)82-58(103)42(17-13-23-78-69(73)74)84-62(107)47(26-35(3)4)91-67(112)51(30-55(99)100)83-39(9)95/h10-12,15-16,31,33-38,42-52,94H,13-14,17-30,32H2,1-9H3,(H2,71,96)(H2,72,101)(H,77,80)(H,81,113)(H,82,103)(H,83,95)(H,84,107)(H,85,108)(H,86,105)(H,87,109)(H,88,102)(H,89,110)(H,90,111)(H,91,112)(H,92,106)(H,93,104)(H,97,98)(H,99,100)(H4,73,74,78)(H4,75,76,79)/t37-,38-,42-,43-,44-,45-,46-,47-,48-,49-,50-,51-,52-/m0/s1. The Kier molecular flexibility index (Phi) is 42.9. The number of carbonyl (C=O) groups is 17. The third-order valence-electron chi connectivity index (χ3n) is 16.7. The first-order chi connectivity index (χ1) is 53.0. The summed E-state index contributed by atoms with van der Waals surface area (Å²) >= 11 is 0. The number of hydrogen-bond acceptors (Lipinski definition) is 21. The number of imidazole rings is 1. The lowest BCUT2D eigenvalue weighted by Crippen LogP contribution is -2.61. The summed E-state index contributed by atoms with van der Waals surface area (Å²) in [6.07, 6.45) is -2.03. The molecular formula is C70H113N23O20. The van der Waals surface area contributed by atoms with E-state index in [1.807, 2.05) is 0 Å². The maximum atomic E-state index is 14.7. The summed E-state index contributed by atoms with van der Waals surface area (Å²) in [6.45, 7) is 12.7. The van der Waals surface area contributed by atoms with Gasteiger partial charge in [0.25, 0.3) is 0 Å². The average Bonchev–Trinajstić information content (AvgIpc) is 1.35. The van der Waals surface area contributed by atoms with Crippen LogP contribution in [-0.4, -0.2) is 236 Å². The van der Waals surface area contributed by atoms with Gasteiger partial charge >= 0.3 is 11.9 Å².